The van der Waals surface area contributed by atoms with E-state index >= 15 is 0 Å². The molecule has 1 aliphatic heterocycles. The van der Waals surface area contributed by atoms with Crippen molar-refractivity contribution < 1.29 is 41.0 Å². The van der Waals surface area contributed by atoms with Crippen molar-refractivity contribution in [3.05, 3.63) is 82.1 Å². The first kappa shape index (κ1) is 33.5. The molecule has 3 aromatic carbocycles. The number of aryl methyl sites for hydroxylation is 1. The Balaban J connectivity index is 1.57. The van der Waals surface area contributed by atoms with Gasteiger partial charge in [-0.1, -0.05) is 54.6 Å². The molecule has 0 saturated carbocycles. The van der Waals surface area contributed by atoms with Crippen LogP contribution in [0.25, 0.3) is 32.8 Å². The van der Waals surface area contributed by atoms with Crippen LogP contribution in [0.2, 0.25) is 0 Å². The van der Waals surface area contributed by atoms with Crippen molar-refractivity contribution in [3.63, 3.8) is 0 Å². The summed E-state index contributed by atoms with van der Waals surface area (Å²) >= 11 is 0. The summed E-state index contributed by atoms with van der Waals surface area (Å²) < 4.78 is 87.9. The standard InChI is InChI=1S/C33H28F6N4O4/c1-42-25-11-3-2-7-23(25)27(32(34,35)36)26(28(42)44)22-10-5-8-20-19(6-4-9-21(20)22)18-24(29(45)46)41-30(47)31(33(37,38)39)12-15-43(16-13-31)17-14-40/h2-11,24H,12-13,15-18H2,1H3,(H,41,47)(H,45,46)/t24-/m0/s1. The number of aliphatic carboxylic acids is 1. The smallest absolute Gasteiger partial charge is 0.417 e. The minimum atomic E-state index is -5.00. The van der Waals surface area contributed by atoms with Crippen LogP contribution in [0.4, 0.5) is 26.3 Å². The molecule has 2 N–H and O–H groups in total. The fourth-order valence-electron chi connectivity index (χ4n) is 6.36. The number of hydrogen-bond donors (Lipinski definition) is 2. The van der Waals surface area contributed by atoms with Crippen LogP contribution >= 0.6 is 0 Å². The summed E-state index contributed by atoms with van der Waals surface area (Å²) in [6.45, 7) is -0.511. The van der Waals surface area contributed by atoms with E-state index in [0.717, 1.165) is 4.57 Å². The molecule has 4 aromatic rings. The van der Waals surface area contributed by atoms with Gasteiger partial charge in [-0.15, -0.1) is 0 Å². The SMILES string of the molecule is Cn1c(=O)c(-c2cccc3c(C[C@H](NC(=O)C4(C(F)(F)F)CCN(CC#N)CC4)C(=O)O)cccc23)c(C(F)(F)F)c2ccccc21. The van der Waals surface area contributed by atoms with Gasteiger partial charge in [0.1, 0.15) is 11.5 Å². The number of likely N-dealkylation sites (tertiary alicyclic amines) is 1. The van der Waals surface area contributed by atoms with Crippen LogP contribution in [0.15, 0.2) is 65.5 Å². The van der Waals surface area contributed by atoms with Gasteiger partial charge in [0.05, 0.1) is 29.3 Å². The maximum atomic E-state index is 14.6. The van der Waals surface area contributed by atoms with E-state index in [1.165, 1.54) is 72.6 Å². The summed E-state index contributed by atoms with van der Waals surface area (Å²) in [5.74, 6) is -3.13. The van der Waals surface area contributed by atoms with Crippen LogP contribution in [0.1, 0.15) is 24.0 Å². The van der Waals surface area contributed by atoms with Gasteiger partial charge in [0.15, 0.2) is 0 Å². The number of nitrogens with zero attached hydrogens (tertiary/aromatic N) is 3. The molecule has 1 amide bonds. The number of rotatable bonds is 7. The predicted molar refractivity (Wildman–Crippen MR) is 160 cm³/mol. The van der Waals surface area contributed by atoms with Crippen LogP contribution in [0, 0.1) is 16.7 Å². The topological polar surface area (TPSA) is 115 Å². The second kappa shape index (κ2) is 12.4. The van der Waals surface area contributed by atoms with E-state index in [1.54, 1.807) is 0 Å². The summed E-state index contributed by atoms with van der Waals surface area (Å²) in [7, 11) is 1.35. The lowest BCUT2D eigenvalue weighted by molar-refractivity contribution is -0.233. The largest absolute Gasteiger partial charge is 0.480 e. The van der Waals surface area contributed by atoms with Gasteiger partial charge in [-0.05, 0) is 40.8 Å². The summed E-state index contributed by atoms with van der Waals surface area (Å²) in [4.78, 5) is 40.5. The minimum Gasteiger partial charge on any atom is -0.480 e. The van der Waals surface area contributed by atoms with E-state index < -0.39 is 71.6 Å². The third-order valence-electron chi connectivity index (χ3n) is 8.88. The number of pyridine rings is 1. The Morgan fingerprint density at radius 2 is 1.57 bits per heavy atom. The molecule has 8 nitrogen and oxygen atoms in total. The fourth-order valence-corrected chi connectivity index (χ4v) is 6.36. The summed E-state index contributed by atoms with van der Waals surface area (Å²) in [6.07, 6.45) is -11.8. The molecule has 0 spiro atoms. The van der Waals surface area contributed by atoms with Crippen molar-refractivity contribution in [3.8, 4) is 17.2 Å². The number of hydrogen-bond acceptors (Lipinski definition) is 5. The molecule has 47 heavy (non-hydrogen) atoms. The van der Waals surface area contributed by atoms with Gasteiger partial charge in [0.25, 0.3) is 5.56 Å². The molecule has 1 aliphatic rings. The van der Waals surface area contributed by atoms with Crippen molar-refractivity contribution >= 4 is 33.6 Å². The van der Waals surface area contributed by atoms with E-state index in [9.17, 15) is 45.8 Å². The number of nitriles is 1. The highest BCUT2D eigenvalue weighted by atomic mass is 19.4. The number of carbonyl (C=O) groups excluding carboxylic acids is 1. The molecule has 14 heteroatoms. The first-order chi connectivity index (χ1) is 22.1. The lowest BCUT2D eigenvalue weighted by Gasteiger charge is -2.41. The molecule has 246 valence electrons. The van der Waals surface area contributed by atoms with E-state index in [0.29, 0.717) is 0 Å². The van der Waals surface area contributed by atoms with Gasteiger partial charge in [-0.25, -0.2) is 4.79 Å². The number of alkyl halides is 6. The molecule has 1 atom stereocenters. The van der Waals surface area contributed by atoms with Crippen LogP contribution in [-0.2, 0) is 29.2 Å². The number of carboxylic acid groups (broad SMARTS) is 1. The molecular formula is C33H28F6N4O4. The summed E-state index contributed by atoms with van der Waals surface area (Å²) in [5, 5.41) is 21.1. The van der Waals surface area contributed by atoms with E-state index in [-0.39, 0.29) is 52.4 Å². The average Bonchev–Trinajstić information content (AvgIpc) is 3.01. The zero-order valence-electron chi connectivity index (χ0n) is 24.9. The van der Waals surface area contributed by atoms with Gasteiger partial charge < -0.3 is 15.0 Å². The Kier molecular flexibility index (Phi) is 8.81. The number of piperidine rings is 1. The molecule has 5 rings (SSSR count). The highest BCUT2D eigenvalue weighted by Gasteiger charge is 2.61. The first-order valence-electron chi connectivity index (χ1n) is 14.5. The second-order valence-electron chi connectivity index (χ2n) is 11.5. The lowest BCUT2D eigenvalue weighted by Crippen LogP contribution is -2.59. The first-order valence-corrected chi connectivity index (χ1v) is 14.5. The van der Waals surface area contributed by atoms with Crippen molar-refractivity contribution in [2.75, 3.05) is 19.6 Å². The zero-order chi connectivity index (χ0) is 34.3. The lowest BCUT2D eigenvalue weighted by atomic mass is 9.76. The highest BCUT2D eigenvalue weighted by Crippen LogP contribution is 2.47. The molecular weight excluding hydrogens is 630 g/mol. The number of amides is 1. The molecule has 0 radical (unpaired) electrons. The molecule has 0 unspecified atom stereocenters. The summed E-state index contributed by atoms with van der Waals surface area (Å²) in [5.41, 5.74) is -5.32. The minimum absolute atomic E-state index is 0.0703. The number of aromatic nitrogens is 1. The van der Waals surface area contributed by atoms with Crippen LogP contribution in [0.3, 0.4) is 0 Å². The van der Waals surface area contributed by atoms with Crippen LogP contribution in [0.5, 0.6) is 0 Å². The van der Waals surface area contributed by atoms with Gasteiger partial charge in [-0.3, -0.25) is 14.5 Å². The number of carbonyl (C=O) groups is 2. The Morgan fingerprint density at radius 3 is 2.19 bits per heavy atom. The Morgan fingerprint density at radius 1 is 0.957 bits per heavy atom. The van der Waals surface area contributed by atoms with Gasteiger partial charge >= 0.3 is 18.3 Å². The van der Waals surface area contributed by atoms with Crippen molar-refractivity contribution in [1.82, 2.24) is 14.8 Å². The second-order valence-corrected chi connectivity index (χ2v) is 11.5. The van der Waals surface area contributed by atoms with E-state index in [1.807, 2.05) is 6.07 Å². The Bertz CT molecular complexity index is 1970. The quantitative estimate of drug-likeness (QED) is 0.196. The Labute approximate surface area is 263 Å². The number of halogens is 6. The monoisotopic (exact) mass is 658 g/mol. The number of para-hydroxylation sites is 1. The van der Waals surface area contributed by atoms with Crippen LogP contribution in [-0.4, -0.2) is 58.3 Å². The number of carboxylic acids is 1. The summed E-state index contributed by atoms with van der Waals surface area (Å²) in [6, 6.07) is 14.2. The fraction of sp³-hybridized carbons (Fsp3) is 0.333. The third-order valence-corrected chi connectivity index (χ3v) is 8.88. The van der Waals surface area contributed by atoms with Crippen molar-refractivity contribution in [2.24, 2.45) is 12.5 Å². The molecule has 0 bridgehead atoms. The molecule has 1 aromatic heterocycles. The van der Waals surface area contributed by atoms with Gasteiger partial charge in [0.2, 0.25) is 5.91 Å². The molecule has 2 heterocycles. The van der Waals surface area contributed by atoms with E-state index in [4.69, 9.17) is 5.26 Å². The number of benzene rings is 3. The normalized spacial score (nSPS) is 16.1. The molecule has 1 saturated heterocycles. The number of fused-ring (bicyclic) bond motifs is 2. The molecule has 1 fully saturated rings. The third kappa shape index (κ3) is 6.03. The van der Waals surface area contributed by atoms with E-state index in [2.05, 4.69) is 5.32 Å². The van der Waals surface area contributed by atoms with Crippen LogP contribution < -0.4 is 10.9 Å². The van der Waals surface area contributed by atoms with Gasteiger partial charge in [-0.2, -0.15) is 31.6 Å². The maximum Gasteiger partial charge on any atom is 0.417 e. The number of nitrogens with one attached hydrogen (secondary N) is 1. The highest BCUT2D eigenvalue weighted by molar-refractivity contribution is 6.02. The Hall–Kier alpha value is -4.90. The maximum absolute atomic E-state index is 14.6. The van der Waals surface area contributed by atoms with Gasteiger partial charge in [0, 0.05) is 31.9 Å². The van der Waals surface area contributed by atoms with Crippen molar-refractivity contribution in [1.29, 1.82) is 5.26 Å². The molecule has 0 aliphatic carbocycles. The zero-order valence-corrected chi connectivity index (χ0v) is 24.9. The van der Waals surface area contributed by atoms with Crippen molar-refractivity contribution in [2.45, 2.75) is 37.7 Å². The average molecular weight is 659 g/mol. The predicted octanol–water partition coefficient (Wildman–Crippen LogP) is 5.66.